The van der Waals surface area contributed by atoms with Crippen LogP contribution in [0.5, 0.6) is 0 Å². The summed E-state index contributed by atoms with van der Waals surface area (Å²) in [4.78, 5) is 2.45. The topological polar surface area (TPSA) is 55.8 Å². The Kier molecular flexibility index (Phi) is 7.19. The van der Waals surface area contributed by atoms with Gasteiger partial charge in [-0.2, -0.15) is 10.5 Å². The Morgan fingerprint density at radius 2 is 1.19 bits per heavy atom. The van der Waals surface area contributed by atoms with E-state index in [0.29, 0.717) is 11.1 Å². The lowest BCUT2D eigenvalue weighted by Gasteiger charge is -2.47. The third-order valence-electron chi connectivity index (χ3n) is 10.8. The molecule has 48 heavy (non-hydrogen) atoms. The van der Waals surface area contributed by atoms with E-state index in [1.807, 2.05) is 0 Å². The molecule has 3 heterocycles. The molecule has 4 nitrogen and oxygen atoms in total. The molecule has 0 atom stereocenters. The van der Waals surface area contributed by atoms with Crippen molar-refractivity contribution in [1.29, 1.82) is 10.5 Å². The van der Waals surface area contributed by atoms with Gasteiger partial charge in [0.2, 0.25) is 0 Å². The largest absolute Gasteiger partial charge is 0.374 e. The highest BCUT2D eigenvalue weighted by atomic mass is 15.2. The molecule has 234 valence electrons. The molecule has 0 aliphatic carbocycles. The van der Waals surface area contributed by atoms with Crippen LogP contribution in [0.25, 0.3) is 21.8 Å². The molecule has 2 aliphatic rings. The van der Waals surface area contributed by atoms with Crippen LogP contribution in [0.3, 0.4) is 0 Å². The Labute approximate surface area is 284 Å². The number of nitriles is 2. The standard InChI is InChI=1S/C43H39BN4/c1-5-7-14-28-22-30(26-45)40-32(24-28)33-25-29(15-8-6-2)23-31(27-46)41(33)48(40)44-36-18-10-12-21-39(36)47-38-20-11-9-16-34(38)43(3,4)35-17-13-19-37(44)42(35)47/h9-13,16-25H,5-8,14-15H2,1-4H3. The van der Waals surface area contributed by atoms with Gasteiger partial charge in [0.1, 0.15) is 12.1 Å². The van der Waals surface area contributed by atoms with Crippen molar-refractivity contribution in [2.75, 3.05) is 4.90 Å². The van der Waals surface area contributed by atoms with Crippen molar-refractivity contribution in [3.63, 3.8) is 0 Å². The summed E-state index contributed by atoms with van der Waals surface area (Å²) < 4.78 is 2.36. The fourth-order valence-corrected chi connectivity index (χ4v) is 8.53. The molecule has 5 aromatic carbocycles. The van der Waals surface area contributed by atoms with Crippen LogP contribution in [-0.4, -0.2) is 11.3 Å². The van der Waals surface area contributed by atoms with Crippen molar-refractivity contribution < 1.29 is 0 Å². The van der Waals surface area contributed by atoms with E-state index >= 15 is 0 Å². The number of aryl methyl sites for hydroxylation is 2. The highest BCUT2D eigenvalue weighted by Gasteiger charge is 2.45. The summed E-state index contributed by atoms with van der Waals surface area (Å²) >= 11 is 0. The number of para-hydroxylation sites is 3. The quantitative estimate of drug-likeness (QED) is 0.167. The zero-order chi connectivity index (χ0) is 33.2. The summed E-state index contributed by atoms with van der Waals surface area (Å²) in [6.07, 6.45) is 6.18. The normalized spacial score (nSPS) is 14.0. The number of aromatic nitrogens is 1. The van der Waals surface area contributed by atoms with Gasteiger partial charge in [-0.3, -0.25) is 0 Å². The van der Waals surface area contributed by atoms with Gasteiger partial charge in [0.25, 0.3) is 0 Å². The first-order valence-electron chi connectivity index (χ1n) is 17.5. The fraction of sp³-hybridized carbons (Fsp3) is 0.256. The summed E-state index contributed by atoms with van der Waals surface area (Å²) in [5, 5.41) is 23.7. The summed E-state index contributed by atoms with van der Waals surface area (Å²) in [5.41, 5.74) is 13.8. The summed E-state index contributed by atoms with van der Waals surface area (Å²) in [6, 6.07) is 38.2. The molecule has 1 aromatic heterocycles. The Bertz CT molecular complexity index is 2260. The Morgan fingerprint density at radius 3 is 1.79 bits per heavy atom. The van der Waals surface area contributed by atoms with Crippen molar-refractivity contribution in [2.45, 2.75) is 71.6 Å². The van der Waals surface area contributed by atoms with Gasteiger partial charge < -0.3 is 9.38 Å². The lowest BCUT2D eigenvalue weighted by Crippen LogP contribution is -2.56. The highest BCUT2D eigenvalue weighted by molar-refractivity contribution is 6.88. The minimum Gasteiger partial charge on any atom is -0.374 e. The number of fused-ring (bicyclic) bond motifs is 7. The average molecular weight is 623 g/mol. The monoisotopic (exact) mass is 622 g/mol. The van der Waals surface area contributed by atoms with Gasteiger partial charge in [0, 0.05) is 27.6 Å². The number of unbranched alkanes of at least 4 members (excludes halogenated alkanes) is 2. The van der Waals surface area contributed by atoms with Crippen molar-refractivity contribution in [3.05, 3.63) is 124 Å². The van der Waals surface area contributed by atoms with Gasteiger partial charge in [-0.25, -0.2) is 0 Å². The molecular formula is C43H39BN4. The molecule has 0 fully saturated rings. The molecular weight excluding hydrogens is 583 g/mol. The fourth-order valence-electron chi connectivity index (χ4n) is 8.53. The van der Waals surface area contributed by atoms with E-state index in [1.54, 1.807) is 0 Å². The molecule has 6 aromatic rings. The van der Waals surface area contributed by atoms with Gasteiger partial charge in [-0.15, -0.1) is 0 Å². The van der Waals surface area contributed by atoms with E-state index < -0.39 is 0 Å². The Balaban J connectivity index is 1.52. The highest BCUT2D eigenvalue weighted by Crippen LogP contribution is 2.52. The summed E-state index contributed by atoms with van der Waals surface area (Å²) in [7, 11) is 0. The van der Waals surface area contributed by atoms with Crippen LogP contribution in [0.2, 0.25) is 0 Å². The Hall–Kier alpha value is -5.26. The smallest absolute Gasteiger partial charge is 0.332 e. The first-order chi connectivity index (χ1) is 23.4. The molecule has 0 N–H and O–H groups in total. The summed E-state index contributed by atoms with van der Waals surface area (Å²) in [6.45, 7) is 8.83. The van der Waals surface area contributed by atoms with Gasteiger partial charge in [0.05, 0.1) is 27.8 Å². The van der Waals surface area contributed by atoms with Crippen LogP contribution >= 0.6 is 0 Å². The number of rotatable bonds is 7. The number of anilines is 3. The van der Waals surface area contributed by atoms with Crippen molar-refractivity contribution >= 4 is 56.6 Å². The van der Waals surface area contributed by atoms with Gasteiger partial charge >= 0.3 is 6.85 Å². The maximum Gasteiger partial charge on any atom is 0.332 e. The van der Waals surface area contributed by atoms with Crippen molar-refractivity contribution in [3.8, 4) is 12.1 Å². The number of hydrogen-bond donors (Lipinski definition) is 0. The third-order valence-corrected chi connectivity index (χ3v) is 10.8. The first-order valence-corrected chi connectivity index (χ1v) is 17.5. The van der Waals surface area contributed by atoms with Crippen molar-refractivity contribution in [2.24, 2.45) is 0 Å². The number of benzene rings is 5. The molecule has 0 saturated heterocycles. The van der Waals surface area contributed by atoms with Crippen LogP contribution in [0, 0.1) is 22.7 Å². The molecule has 0 amide bonds. The maximum absolute atomic E-state index is 10.8. The first kappa shape index (κ1) is 30.1. The molecule has 0 spiro atoms. The molecule has 0 unspecified atom stereocenters. The van der Waals surface area contributed by atoms with Gasteiger partial charge in [-0.05, 0) is 95.3 Å². The van der Waals surface area contributed by atoms with E-state index in [2.05, 4.69) is 140 Å². The maximum atomic E-state index is 10.8. The second-order valence-corrected chi connectivity index (χ2v) is 14.1. The van der Waals surface area contributed by atoms with E-state index in [1.165, 1.54) is 39.1 Å². The van der Waals surface area contributed by atoms with Crippen LogP contribution in [-0.2, 0) is 18.3 Å². The SMILES string of the molecule is CCCCc1cc(C#N)c2c(c1)c1cc(CCCC)cc(C#N)c1n2B1c2ccccc2N2c3ccccc3C(C)(C)c3cccc1c32. The molecule has 0 saturated carbocycles. The van der Waals surface area contributed by atoms with Crippen LogP contribution < -0.4 is 15.8 Å². The molecule has 8 rings (SSSR count). The summed E-state index contributed by atoms with van der Waals surface area (Å²) in [5.74, 6) is 0. The lowest BCUT2D eigenvalue weighted by molar-refractivity contribution is 0.632. The second kappa shape index (κ2) is 11.5. The molecule has 2 aliphatic heterocycles. The predicted molar refractivity (Wildman–Crippen MR) is 200 cm³/mol. The Morgan fingerprint density at radius 1 is 0.646 bits per heavy atom. The third kappa shape index (κ3) is 4.27. The van der Waals surface area contributed by atoms with E-state index in [4.69, 9.17) is 0 Å². The predicted octanol–water partition coefficient (Wildman–Crippen LogP) is 9.30. The van der Waals surface area contributed by atoms with Gasteiger partial charge in [0.15, 0.2) is 0 Å². The minimum atomic E-state index is -0.240. The van der Waals surface area contributed by atoms with Crippen LogP contribution in [0.15, 0.2) is 91.0 Å². The van der Waals surface area contributed by atoms with Crippen molar-refractivity contribution in [1.82, 2.24) is 4.48 Å². The van der Waals surface area contributed by atoms with Crippen LogP contribution in [0.4, 0.5) is 17.1 Å². The van der Waals surface area contributed by atoms with E-state index in [-0.39, 0.29) is 12.3 Å². The second-order valence-electron chi connectivity index (χ2n) is 14.1. The lowest BCUT2D eigenvalue weighted by atomic mass is 9.46. The number of nitrogens with zero attached hydrogens (tertiary/aromatic N) is 4. The minimum absolute atomic E-state index is 0.214. The zero-order valence-electron chi connectivity index (χ0n) is 28.3. The van der Waals surface area contributed by atoms with E-state index in [9.17, 15) is 10.5 Å². The van der Waals surface area contributed by atoms with E-state index in [0.717, 1.165) is 71.5 Å². The number of hydrogen-bond acceptors (Lipinski definition) is 3. The van der Waals surface area contributed by atoms with Crippen LogP contribution in [0.1, 0.15) is 86.8 Å². The molecule has 0 radical (unpaired) electrons. The van der Waals surface area contributed by atoms with Gasteiger partial charge in [-0.1, -0.05) is 95.1 Å². The zero-order valence-corrected chi connectivity index (χ0v) is 28.3. The average Bonchev–Trinajstić information content (AvgIpc) is 3.44. The molecule has 5 heteroatoms. The molecule has 0 bridgehead atoms.